The van der Waals surface area contributed by atoms with Crippen molar-refractivity contribution in [1.29, 1.82) is 0 Å². The average Bonchev–Trinajstić information content (AvgIpc) is 3.31. The summed E-state index contributed by atoms with van der Waals surface area (Å²) in [5.41, 5.74) is 0. The Hall–Kier alpha value is -6.32. The second-order valence-electron chi connectivity index (χ2n) is 12.7. The molecule has 0 spiro atoms. The molecule has 376 valence electrons. The Morgan fingerprint density at radius 1 is 0.129 bits per heavy atom. The van der Waals surface area contributed by atoms with Crippen LogP contribution in [0.25, 0.3) is 0 Å². The van der Waals surface area contributed by atoms with Crippen molar-refractivity contribution in [1.82, 2.24) is 0 Å². The Morgan fingerprint density at radius 2 is 0.186 bits per heavy atom. The predicted octanol–water partition coefficient (Wildman–Crippen LogP) is 10.8. The summed E-state index contributed by atoms with van der Waals surface area (Å²) < 4.78 is 446. The van der Waals surface area contributed by atoms with Crippen LogP contribution < -0.4 is 31.8 Å². The normalized spacial score (nSPS) is 12.0. The van der Waals surface area contributed by atoms with E-state index < -0.39 is 221 Å². The molecule has 34 heteroatoms. The minimum absolute atomic E-state index is 3.06. The van der Waals surface area contributed by atoms with Crippen molar-refractivity contribution in [3.05, 3.63) is 175 Å². The number of rotatable bonds is 6. The van der Waals surface area contributed by atoms with E-state index in [2.05, 4.69) is 0 Å². The Morgan fingerprint density at radius 3 is 0.257 bits per heavy atom. The van der Waals surface area contributed by atoms with Crippen molar-refractivity contribution < 1.29 is 141 Å². The van der Waals surface area contributed by atoms with E-state index in [1.165, 1.54) is 0 Å². The maximum absolute atomic E-state index is 14.5. The first-order valence-electron chi connectivity index (χ1n) is 16.4. The van der Waals surface area contributed by atoms with Crippen LogP contribution in [-0.2, 0) is 9.13 Å². The fourth-order valence-electron chi connectivity index (χ4n) is 5.89. The summed E-state index contributed by atoms with van der Waals surface area (Å²) in [5.74, 6) is -96.7. The van der Waals surface area contributed by atoms with Crippen LogP contribution in [0.5, 0.6) is 0 Å². The van der Waals surface area contributed by atoms with E-state index in [1.807, 2.05) is 0 Å². The van der Waals surface area contributed by atoms with Crippen LogP contribution >= 0.6 is 14.3 Å². The average molecular weight is 1100 g/mol. The second-order valence-corrected chi connectivity index (χ2v) is 17.9. The van der Waals surface area contributed by atoms with E-state index in [-0.39, 0.29) is 0 Å². The zero-order valence-electron chi connectivity index (χ0n) is 31.0. The fourth-order valence-corrected chi connectivity index (χ4v) is 11.7. The third-order valence-corrected chi connectivity index (χ3v) is 15.1. The van der Waals surface area contributed by atoms with Crippen LogP contribution in [0.1, 0.15) is 0 Å². The van der Waals surface area contributed by atoms with Gasteiger partial charge in [0, 0.05) is 0 Å². The summed E-state index contributed by atoms with van der Waals surface area (Å²) in [4.78, 5) is 0. The predicted molar refractivity (Wildman–Crippen MR) is 170 cm³/mol. The van der Waals surface area contributed by atoms with Crippen molar-refractivity contribution in [2.75, 3.05) is 0 Å². The molecular weight excluding hydrogens is 1100 g/mol. The summed E-state index contributed by atoms with van der Waals surface area (Å²) in [6.07, 6.45) is 0. The lowest BCUT2D eigenvalue weighted by atomic mass is 10.3. The molecule has 0 radical (unpaired) electrons. The molecule has 70 heavy (non-hydrogen) atoms. The molecule has 0 amide bonds. The van der Waals surface area contributed by atoms with Crippen LogP contribution in [-0.4, -0.2) is 0 Å². The summed E-state index contributed by atoms with van der Waals surface area (Å²) in [5, 5.41) is -18.8. The van der Waals surface area contributed by atoms with E-state index in [4.69, 9.17) is 0 Å². The van der Waals surface area contributed by atoms with E-state index in [1.54, 1.807) is 0 Å². The molecule has 0 aromatic heterocycles. The molecule has 0 N–H and O–H groups in total. The van der Waals surface area contributed by atoms with Crippen LogP contribution in [0.4, 0.5) is 132 Å². The zero-order chi connectivity index (χ0) is 53.8. The Labute approximate surface area is 361 Å². The smallest absolute Gasteiger partial charge is 0.200 e. The molecule has 0 fully saturated rings. The van der Waals surface area contributed by atoms with Gasteiger partial charge in [-0.1, -0.05) is 0 Å². The van der Waals surface area contributed by atoms with Gasteiger partial charge in [-0.15, -0.1) is 0 Å². The van der Waals surface area contributed by atoms with Crippen molar-refractivity contribution in [2.24, 2.45) is 0 Å². The Balaban J connectivity index is 0.000000261. The number of hydrogen-bond donors (Lipinski definition) is 0. The third-order valence-electron chi connectivity index (χ3n) is 9.01. The molecule has 0 saturated heterocycles. The van der Waals surface area contributed by atoms with Gasteiger partial charge in [0.25, 0.3) is 0 Å². The van der Waals surface area contributed by atoms with Gasteiger partial charge in [-0.3, -0.25) is 0 Å². The standard InChI is InChI=1S/2C18F15OP/c2*19-1-4(22)10(28)16(11(29)5(1)23)35(34,17-12(30)6(24)2(20)7(25)13(17)31)18-14(32)8(26)3(21)9(27)15(18)33. The molecule has 6 aromatic carbocycles. The van der Waals surface area contributed by atoms with Gasteiger partial charge in [-0.25, -0.2) is 132 Å². The Kier molecular flexibility index (Phi) is 14.4. The molecule has 0 saturated carbocycles. The minimum Gasteiger partial charge on any atom is -0.308 e. The van der Waals surface area contributed by atoms with Crippen LogP contribution in [0, 0.1) is 175 Å². The van der Waals surface area contributed by atoms with Gasteiger partial charge in [-0.2, -0.15) is 0 Å². The van der Waals surface area contributed by atoms with E-state index in [9.17, 15) is 141 Å². The molecule has 0 bridgehead atoms. The van der Waals surface area contributed by atoms with Gasteiger partial charge in [0.2, 0.25) is 34.9 Å². The van der Waals surface area contributed by atoms with Gasteiger partial charge >= 0.3 is 0 Å². The number of hydrogen-bond acceptors (Lipinski definition) is 2. The first kappa shape index (κ1) is 54.6. The van der Waals surface area contributed by atoms with Crippen LogP contribution in [0.3, 0.4) is 0 Å². The van der Waals surface area contributed by atoms with Gasteiger partial charge < -0.3 is 9.13 Å². The summed E-state index contributed by atoms with van der Waals surface area (Å²) in [6, 6.07) is 0. The lowest BCUT2D eigenvalue weighted by Gasteiger charge is -2.24. The van der Waals surface area contributed by atoms with Gasteiger partial charge in [0.15, 0.2) is 154 Å². The highest BCUT2D eigenvalue weighted by Gasteiger charge is 2.52. The molecule has 2 nitrogen and oxygen atoms in total. The molecule has 0 aliphatic carbocycles. The molecular formula is C36F30O2P2. The van der Waals surface area contributed by atoms with Gasteiger partial charge in [-0.05, 0) is 0 Å². The highest BCUT2D eigenvalue weighted by Crippen LogP contribution is 2.51. The molecule has 0 heterocycles. The zero-order valence-corrected chi connectivity index (χ0v) is 32.8. The maximum Gasteiger partial charge on any atom is 0.200 e. The molecule has 0 aliphatic heterocycles. The van der Waals surface area contributed by atoms with Crippen molar-refractivity contribution >= 4 is 46.1 Å². The van der Waals surface area contributed by atoms with Gasteiger partial charge in [0.05, 0.1) is 31.8 Å². The molecule has 6 aromatic rings. The molecule has 0 atom stereocenters. The topological polar surface area (TPSA) is 34.1 Å². The van der Waals surface area contributed by atoms with Crippen molar-refractivity contribution in [2.45, 2.75) is 0 Å². The maximum atomic E-state index is 14.5. The third kappa shape index (κ3) is 7.53. The van der Waals surface area contributed by atoms with E-state index in [0.29, 0.717) is 0 Å². The molecule has 0 aliphatic rings. The van der Waals surface area contributed by atoms with Crippen molar-refractivity contribution in [3.63, 3.8) is 0 Å². The molecule has 0 unspecified atom stereocenters. The van der Waals surface area contributed by atoms with E-state index in [0.717, 1.165) is 0 Å². The first-order valence-corrected chi connectivity index (χ1v) is 19.8. The highest BCUT2D eigenvalue weighted by atomic mass is 31.2. The van der Waals surface area contributed by atoms with E-state index >= 15 is 0 Å². The van der Waals surface area contributed by atoms with Gasteiger partial charge in [0.1, 0.15) is 0 Å². The largest absolute Gasteiger partial charge is 0.308 e. The highest BCUT2D eigenvalue weighted by molar-refractivity contribution is 7.85. The SMILES string of the molecule is O=P(c1c(F)c(F)c(F)c(F)c1F)(c1c(F)c(F)c(F)c(F)c1F)c1c(F)c(F)c(F)c(F)c1F.O=P(c1c(F)c(F)c(F)c(F)c1F)(c1c(F)c(F)c(F)c(F)c1F)c1c(F)c(F)c(F)c(F)c1F. The van der Waals surface area contributed by atoms with Crippen LogP contribution in [0.15, 0.2) is 0 Å². The quantitative estimate of drug-likeness (QED) is 0.0721. The summed E-state index contributed by atoms with van der Waals surface area (Å²) >= 11 is 0. The number of benzene rings is 6. The summed E-state index contributed by atoms with van der Waals surface area (Å²) in [7, 11) is -14.8. The minimum atomic E-state index is -7.41. The van der Waals surface area contributed by atoms with Crippen molar-refractivity contribution in [3.8, 4) is 0 Å². The first-order chi connectivity index (χ1) is 32.1. The lowest BCUT2D eigenvalue weighted by molar-refractivity contribution is 0.379. The van der Waals surface area contributed by atoms with Crippen LogP contribution in [0.2, 0.25) is 0 Å². The lowest BCUT2D eigenvalue weighted by Crippen LogP contribution is -2.39. The summed E-state index contributed by atoms with van der Waals surface area (Å²) in [6.45, 7) is 0. The Bertz CT molecular complexity index is 2660. The second kappa shape index (κ2) is 18.5. The monoisotopic (exact) mass is 1100 g/mol. The number of halogens is 30. The fraction of sp³-hybridized carbons (Fsp3) is 0. The molecule has 6 rings (SSSR count).